The zero-order chi connectivity index (χ0) is 22.8. The van der Waals surface area contributed by atoms with E-state index in [1.807, 2.05) is 30.3 Å². The molecule has 0 spiro atoms. The van der Waals surface area contributed by atoms with E-state index in [-0.39, 0.29) is 6.04 Å². The predicted octanol–water partition coefficient (Wildman–Crippen LogP) is 6.70. The van der Waals surface area contributed by atoms with Gasteiger partial charge in [-0.1, -0.05) is 123 Å². The summed E-state index contributed by atoms with van der Waals surface area (Å²) in [6.45, 7) is 4.44. The topological polar surface area (TPSA) is 32.3 Å². The third-order valence-electron chi connectivity index (χ3n) is 6.81. The van der Waals surface area contributed by atoms with Crippen molar-refractivity contribution in [3.8, 4) is 11.1 Å². The number of aliphatic hydroxyl groups is 1. The molecule has 0 aliphatic heterocycles. The van der Waals surface area contributed by atoms with Crippen LogP contribution in [0.5, 0.6) is 0 Å². The molecule has 0 bridgehead atoms. The Morgan fingerprint density at radius 1 is 0.667 bits per heavy atom. The second-order valence-corrected chi connectivity index (χ2v) is 9.44. The summed E-state index contributed by atoms with van der Waals surface area (Å²) in [6.07, 6.45) is 0.240. The van der Waals surface area contributed by atoms with Gasteiger partial charge in [0, 0.05) is 6.04 Å². The maximum Gasteiger partial charge on any atom is 0.0963 e. The normalized spacial score (nSPS) is 15.6. The minimum absolute atomic E-state index is 0.133. The summed E-state index contributed by atoms with van der Waals surface area (Å²) in [4.78, 5) is 0. The minimum Gasteiger partial charge on any atom is -0.387 e. The third kappa shape index (κ3) is 3.80. The Labute approximate surface area is 196 Å². The first-order chi connectivity index (χ1) is 16.1. The molecular formula is C31H31NO. The number of nitrogens with one attached hydrogen (secondary N) is 1. The van der Waals surface area contributed by atoms with Gasteiger partial charge in [-0.25, -0.2) is 0 Å². The van der Waals surface area contributed by atoms with Gasteiger partial charge in [0.2, 0.25) is 0 Å². The largest absolute Gasteiger partial charge is 0.387 e. The van der Waals surface area contributed by atoms with Crippen LogP contribution in [0.1, 0.15) is 48.6 Å². The highest BCUT2D eigenvalue weighted by atomic mass is 16.3. The highest BCUT2D eigenvalue weighted by Gasteiger charge is 2.46. The van der Waals surface area contributed by atoms with E-state index in [0.717, 1.165) is 12.0 Å². The maximum absolute atomic E-state index is 11.6. The van der Waals surface area contributed by atoms with Crippen LogP contribution in [0.15, 0.2) is 109 Å². The molecule has 0 amide bonds. The molecule has 2 nitrogen and oxygen atoms in total. The van der Waals surface area contributed by atoms with Gasteiger partial charge >= 0.3 is 0 Å². The van der Waals surface area contributed by atoms with Crippen molar-refractivity contribution in [2.75, 3.05) is 0 Å². The van der Waals surface area contributed by atoms with E-state index in [1.165, 1.54) is 27.8 Å². The molecule has 2 atom stereocenters. The van der Waals surface area contributed by atoms with Gasteiger partial charge in [-0.2, -0.15) is 0 Å². The summed E-state index contributed by atoms with van der Waals surface area (Å²) in [6, 6.07) is 37.9. The fourth-order valence-electron chi connectivity index (χ4n) is 5.41. The van der Waals surface area contributed by atoms with E-state index in [0.29, 0.717) is 5.92 Å². The monoisotopic (exact) mass is 433 g/mol. The first-order valence-electron chi connectivity index (χ1n) is 11.9. The number of hydrogen-bond donors (Lipinski definition) is 2. The molecule has 0 heterocycles. The molecule has 4 aromatic carbocycles. The summed E-state index contributed by atoms with van der Waals surface area (Å²) >= 11 is 0. The van der Waals surface area contributed by atoms with Gasteiger partial charge in [0.15, 0.2) is 0 Å². The van der Waals surface area contributed by atoms with Crippen LogP contribution in [0, 0.1) is 5.92 Å². The lowest BCUT2D eigenvalue weighted by atomic mass is 9.78. The van der Waals surface area contributed by atoms with Crippen molar-refractivity contribution in [2.24, 2.45) is 5.92 Å². The van der Waals surface area contributed by atoms with Gasteiger partial charge in [-0.05, 0) is 45.7 Å². The van der Waals surface area contributed by atoms with Gasteiger partial charge in [0.25, 0.3) is 0 Å². The first kappa shape index (κ1) is 21.6. The Hall–Kier alpha value is -3.20. The van der Waals surface area contributed by atoms with Gasteiger partial charge in [0.1, 0.15) is 0 Å². The summed E-state index contributed by atoms with van der Waals surface area (Å²) in [5.41, 5.74) is 6.58. The van der Waals surface area contributed by atoms with Crippen molar-refractivity contribution in [2.45, 2.75) is 38.0 Å². The standard InChI is InChI=1S/C31H31NO/c1-22(2)21-29(30(33)23-13-5-3-6-14-23)32-31(24-15-7-4-8-16-24)27-19-11-9-17-25(27)26-18-10-12-20-28(26)31/h3-20,22,29-30,32-33H,21H2,1-2H3/t29-,30+/m0/s1. The van der Waals surface area contributed by atoms with Crippen molar-refractivity contribution in [1.82, 2.24) is 5.32 Å². The summed E-state index contributed by atoms with van der Waals surface area (Å²) in [7, 11) is 0. The van der Waals surface area contributed by atoms with Crippen LogP contribution in [0.4, 0.5) is 0 Å². The molecule has 0 fully saturated rings. The number of hydrogen-bond acceptors (Lipinski definition) is 2. The van der Waals surface area contributed by atoms with Crippen LogP contribution in [0.3, 0.4) is 0 Å². The molecule has 1 aliphatic rings. The van der Waals surface area contributed by atoms with Crippen molar-refractivity contribution in [3.05, 3.63) is 131 Å². The van der Waals surface area contributed by atoms with E-state index < -0.39 is 11.6 Å². The maximum atomic E-state index is 11.6. The summed E-state index contributed by atoms with van der Waals surface area (Å²) in [5.74, 6) is 0.431. The first-order valence-corrected chi connectivity index (χ1v) is 11.9. The Balaban J connectivity index is 1.71. The molecule has 2 N–H and O–H groups in total. The smallest absolute Gasteiger partial charge is 0.0963 e. The lowest BCUT2D eigenvalue weighted by molar-refractivity contribution is 0.105. The highest BCUT2D eigenvalue weighted by Crippen LogP contribution is 2.51. The molecule has 0 radical (unpaired) electrons. The van der Waals surface area contributed by atoms with Gasteiger partial charge in [-0.15, -0.1) is 0 Å². The van der Waals surface area contributed by atoms with E-state index in [4.69, 9.17) is 0 Å². The fraction of sp³-hybridized carbons (Fsp3) is 0.226. The summed E-state index contributed by atoms with van der Waals surface area (Å²) < 4.78 is 0. The summed E-state index contributed by atoms with van der Waals surface area (Å²) in [5, 5.41) is 15.6. The van der Waals surface area contributed by atoms with Crippen LogP contribution in [0.2, 0.25) is 0 Å². The lowest BCUT2D eigenvalue weighted by Crippen LogP contribution is -2.51. The van der Waals surface area contributed by atoms with Gasteiger partial charge < -0.3 is 5.11 Å². The van der Waals surface area contributed by atoms with Gasteiger partial charge in [0.05, 0.1) is 11.6 Å². The fourth-order valence-corrected chi connectivity index (χ4v) is 5.41. The predicted molar refractivity (Wildman–Crippen MR) is 136 cm³/mol. The molecule has 166 valence electrons. The van der Waals surface area contributed by atoms with E-state index >= 15 is 0 Å². The average Bonchev–Trinajstić information content (AvgIpc) is 3.15. The SMILES string of the molecule is CC(C)C[C@H](NC1(c2ccccc2)c2ccccc2-c2ccccc21)[C@H](O)c1ccccc1. The molecule has 1 aliphatic carbocycles. The second kappa shape index (κ2) is 8.97. The zero-order valence-electron chi connectivity index (χ0n) is 19.3. The molecule has 33 heavy (non-hydrogen) atoms. The van der Waals surface area contributed by atoms with Crippen LogP contribution < -0.4 is 5.32 Å². The Morgan fingerprint density at radius 2 is 1.15 bits per heavy atom. The van der Waals surface area contributed by atoms with E-state index in [9.17, 15) is 5.11 Å². The molecule has 0 saturated carbocycles. The van der Waals surface area contributed by atoms with Crippen LogP contribution >= 0.6 is 0 Å². The Bertz CT molecular complexity index is 1170. The molecule has 0 aromatic heterocycles. The Kier molecular flexibility index (Phi) is 5.88. The van der Waals surface area contributed by atoms with E-state index in [2.05, 4.69) is 98.0 Å². The van der Waals surface area contributed by atoms with Crippen LogP contribution in [0.25, 0.3) is 11.1 Å². The average molecular weight is 434 g/mol. The molecule has 4 aromatic rings. The van der Waals surface area contributed by atoms with Crippen molar-refractivity contribution in [1.29, 1.82) is 0 Å². The molecule has 2 heteroatoms. The molecule has 0 saturated heterocycles. The van der Waals surface area contributed by atoms with Crippen molar-refractivity contribution < 1.29 is 5.11 Å². The van der Waals surface area contributed by atoms with Crippen molar-refractivity contribution >= 4 is 0 Å². The van der Waals surface area contributed by atoms with Crippen LogP contribution in [-0.2, 0) is 5.54 Å². The molecular weight excluding hydrogens is 402 g/mol. The second-order valence-electron chi connectivity index (χ2n) is 9.44. The number of benzene rings is 4. The number of rotatable bonds is 7. The third-order valence-corrected chi connectivity index (χ3v) is 6.81. The quantitative estimate of drug-likeness (QED) is 0.340. The molecule has 0 unspecified atom stereocenters. The van der Waals surface area contributed by atoms with E-state index in [1.54, 1.807) is 0 Å². The molecule has 5 rings (SSSR count). The highest BCUT2D eigenvalue weighted by molar-refractivity contribution is 5.83. The van der Waals surface area contributed by atoms with Gasteiger partial charge in [-0.3, -0.25) is 5.32 Å². The minimum atomic E-state index is -0.617. The lowest BCUT2D eigenvalue weighted by Gasteiger charge is -2.40. The van der Waals surface area contributed by atoms with Crippen LogP contribution in [-0.4, -0.2) is 11.1 Å². The Morgan fingerprint density at radius 3 is 1.70 bits per heavy atom. The number of aliphatic hydroxyl groups excluding tert-OH is 1. The zero-order valence-corrected chi connectivity index (χ0v) is 19.3. The number of fused-ring (bicyclic) bond motifs is 3. The van der Waals surface area contributed by atoms with Crippen molar-refractivity contribution in [3.63, 3.8) is 0 Å².